The quantitative estimate of drug-likeness (QED) is 0.873. The highest BCUT2D eigenvalue weighted by molar-refractivity contribution is 6.25. The predicted molar refractivity (Wildman–Crippen MR) is 95.2 cm³/mol. The molecule has 25 heavy (non-hydrogen) atoms. The molecule has 0 saturated heterocycles. The minimum absolute atomic E-state index is 0.120. The van der Waals surface area contributed by atoms with E-state index in [1.165, 1.54) is 0 Å². The van der Waals surface area contributed by atoms with Crippen molar-refractivity contribution in [2.24, 2.45) is 5.73 Å². The van der Waals surface area contributed by atoms with E-state index in [9.17, 15) is 4.79 Å². The number of Topliss-reactive ketones (excluding diaryl/α,β-unsaturated/α-hetero) is 1. The molecule has 1 aliphatic rings. The van der Waals surface area contributed by atoms with E-state index < -0.39 is 6.10 Å². The largest absolute Gasteiger partial charge is 0.494 e. The van der Waals surface area contributed by atoms with Gasteiger partial charge in [0.05, 0.1) is 18.8 Å². The first-order valence-electron chi connectivity index (χ1n) is 8.30. The third kappa shape index (κ3) is 3.45. The van der Waals surface area contributed by atoms with Gasteiger partial charge in [-0.1, -0.05) is 30.3 Å². The van der Waals surface area contributed by atoms with Crippen LogP contribution in [0.15, 0.2) is 54.4 Å². The molecule has 2 N–H and O–H groups in total. The summed E-state index contributed by atoms with van der Waals surface area (Å²) in [6.07, 6.45) is -0.720. The van der Waals surface area contributed by atoms with Gasteiger partial charge in [-0.15, -0.1) is 0 Å². The molecule has 1 unspecified atom stereocenters. The number of ether oxygens (including phenoxy) is 3. The molecule has 0 aromatic heterocycles. The van der Waals surface area contributed by atoms with Crippen LogP contribution in [-0.2, 0) is 9.53 Å². The molecule has 1 heterocycles. The number of benzene rings is 2. The van der Waals surface area contributed by atoms with E-state index in [-0.39, 0.29) is 11.7 Å². The molecule has 0 spiro atoms. The van der Waals surface area contributed by atoms with Gasteiger partial charge in [-0.2, -0.15) is 0 Å². The second-order valence-electron chi connectivity index (χ2n) is 5.57. The SMILES string of the molecule is CCOc1cc(OCC)cc(C2=C(N)OC(c3ccccc3)C2=O)c1. The summed E-state index contributed by atoms with van der Waals surface area (Å²) in [6, 6.07) is 14.7. The Balaban J connectivity index is 1.97. The maximum absolute atomic E-state index is 12.9. The van der Waals surface area contributed by atoms with Crippen LogP contribution in [0.1, 0.15) is 31.1 Å². The average molecular weight is 339 g/mol. The van der Waals surface area contributed by atoms with Gasteiger partial charge in [0.25, 0.3) is 0 Å². The molecule has 0 amide bonds. The fourth-order valence-electron chi connectivity index (χ4n) is 2.84. The molecule has 0 bridgehead atoms. The fraction of sp³-hybridized carbons (Fsp3) is 0.250. The van der Waals surface area contributed by atoms with E-state index in [2.05, 4.69) is 0 Å². The summed E-state index contributed by atoms with van der Waals surface area (Å²) in [5.74, 6) is 1.20. The van der Waals surface area contributed by atoms with Crippen LogP contribution in [-0.4, -0.2) is 19.0 Å². The lowest BCUT2D eigenvalue weighted by Crippen LogP contribution is -2.09. The van der Waals surface area contributed by atoms with E-state index in [4.69, 9.17) is 19.9 Å². The van der Waals surface area contributed by atoms with Crippen molar-refractivity contribution in [2.75, 3.05) is 13.2 Å². The first-order chi connectivity index (χ1) is 12.1. The average Bonchev–Trinajstić information content (AvgIpc) is 2.90. The standard InChI is InChI=1S/C20H21NO4/c1-3-23-15-10-14(11-16(12-15)24-4-2)17-18(22)19(25-20(17)21)13-8-6-5-7-9-13/h5-12,19H,3-4,21H2,1-2H3. The lowest BCUT2D eigenvalue weighted by molar-refractivity contribution is -0.120. The summed E-state index contributed by atoms with van der Waals surface area (Å²) in [5.41, 5.74) is 7.80. The van der Waals surface area contributed by atoms with Crippen LogP contribution in [0.25, 0.3) is 5.57 Å². The highest BCUT2D eigenvalue weighted by atomic mass is 16.5. The lowest BCUT2D eigenvalue weighted by Gasteiger charge is -2.11. The van der Waals surface area contributed by atoms with Crippen LogP contribution >= 0.6 is 0 Å². The number of rotatable bonds is 6. The first-order valence-corrected chi connectivity index (χ1v) is 8.30. The summed E-state index contributed by atoms with van der Waals surface area (Å²) in [4.78, 5) is 12.9. The summed E-state index contributed by atoms with van der Waals surface area (Å²) in [7, 11) is 0. The summed E-state index contributed by atoms with van der Waals surface area (Å²) >= 11 is 0. The zero-order chi connectivity index (χ0) is 17.8. The topological polar surface area (TPSA) is 70.8 Å². The highest BCUT2D eigenvalue weighted by Crippen LogP contribution is 2.38. The Hall–Kier alpha value is -2.95. The molecule has 3 rings (SSSR count). The minimum Gasteiger partial charge on any atom is -0.494 e. The smallest absolute Gasteiger partial charge is 0.213 e. The fourth-order valence-corrected chi connectivity index (χ4v) is 2.84. The van der Waals surface area contributed by atoms with Crippen molar-refractivity contribution in [1.29, 1.82) is 0 Å². The summed E-state index contributed by atoms with van der Waals surface area (Å²) < 4.78 is 16.8. The van der Waals surface area contributed by atoms with Gasteiger partial charge in [-0.3, -0.25) is 4.79 Å². The van der Waals surface area contributed by atoms with Gasteiger partial charge in [-0.05, 0) is 31.5 Å². The molecular weight excluding hydrogens is 318 g/mol. The van der Waals surface area contributed by atoms with Gasteiger partial charge in [0.1, 0.15) is 11.5 Å². The summed E-state index contributed by atoms with van der Waals surface area (Å²) in [6.45, 7) is 4.83. The maximum Gasteiger partial charge on any atom is 0.213 e. The van der Waals surface area contributed by atoms with Gasteiger partial charge >= 0.3 is 0 Å². The Labute approximate surface area is 147 Å². The van der Waals surface area contributed by atoms with Crippen molar-refractivity contribution in [3.8, 4) is 11.5 Å². The first kappa shape index (κ1) is 16.9. The number of nitrogens with two attached hydrogens (primary N) is 1. The van der Waals surface area contributed by atoms with Crippen molar-refractivity contribution in [2.45, 2.75) is 20.0 Å². The zero-order valence-corrected chi connectivity index (χ0v) is 14.3. The van der Waals surface area contributed by atoms with Gasteiger partial charge in [0.15, 0.2) is 12.0 Å². The molecule has 5 heteroatoms. The third-order valence-corrected chi connectivity index (χ3v) is 3.87. The second-order valence-corrected chi connectivity index (χ2v) is 5.57. The highest BCUT2D eigenvalue weighted by Gasteiger charge is 2.36. The Morgan fingerprint density at radius 3 is 2.16 bits per heavy atom. The van der Waals surface area contributed by atoms with Crippen molar-refractivity contribution >= 4 is 11.4 Å². The van der Waals surface area contributed by atoms with Gasteiger partial charge in [0, 0.05) is 11.6 Å². The molecule has 5 nitrogen and oxygen atoms in total. The third-order valence-electron chi connectivity index (χ3n) is 3.87. The number of carbonyl (C=O) groups is 1. The van der Waals surface area contributed by atoms with E-state index in [1.54, 1.807) is 18.2 Å². The van der Waals surface area contributed by atoms with Crippen LogP contribution in [0, 0.1) is 0 Å². The van der Waals surface area contributed by atoms with E-state index >= 15 is 0 Å². The van der Waals surface area contributed by atoms with Crippen LogP contribution in [0.4, 0.5) is 0 Å². The number of carbonyl (C=O) groups excluding carboxylic acids is 1. The van der Waals surface area contributed by atoms with Crippen LogP contribution < -0.4 is 15.2 Å². The second kappa shape index (κ2) is 7.30. The van der Waals surface area contributed by atoms with Crippen LogP contribution in [0.2, 0.25) is 0 Å². The molecular formula is C20H21NO4. The normalized spacial score (nSPS) is 16.7. The zero-order valence-electron chi connectivity index (χ0n) is 14.3. The molecule has 0 saturated carbocycles. The molecule has 0 aliphatic carbocycles. The number of hydrogen-bond acceptors (Lipinski definition) is 5. The van der Waals surface area contributed by atoms with E-state index in [0.29, 0.717) is 35.8 Å². The monoisotopic (exact) mass is 339 g/mol. The van der Waals surface area contributed by atoms with E-state index in [0.717, 1.165) is 5.56 Å². The van der Waals surface area contributed by atoms with Crippen LogP contribution in [0.5, 0.6) is 11.5 Å². The lowest BCUT2D eigenvalue weighted by atomic mass is 9.97. The predicted octanol–water partition coefficient (Wildman–Crippen LogP) is 3.45. The summed E-state index contributed by atoms with van der Waals surface area (Å²) in [5, 5.41) is 0. The molecule has 1 aliphatic heterocycles. The van der Waals surface area contributed by atoms with Crippen molar-refractivity contribution in [1.82, 2.24) is 0 Å². The molecule has 0 fully saturated rings. The Kier molecular flexibility index (Phi) is 4.93. The number of hydrogen-bond donors (Lipinski definition) is 1. The van der Waals surface area contributed by atoms with Gasteiger partial charge in [-0.25, -0.2) is 0 Å². The molecule has 2 aromatic carbocycles. The Bertz CT molecular complexity index is 774. The van der Waals surface area contributed by atoms with Crippen molar-refractivity contribution < 1.29 is 19.0 Å². The molecule has 2 aromatic rings. The Morgan fingerprint density at radius 1 is 1.00 bits per heavy atom. The van der Waals surface area contributed by atoms with Crippen molar-refractivity contribution in [3.05, 3.63) is 65.5 Å². The molecule has 130 valence electrons. The maximum atomic E-state index is 12.9. The van der Waals surface area contributed by atoms with E-state index in [1.807, 2.05) is 44.2 Å². The Morgan fingerprint density at radius 2 is 1.60 bits per heavy atom. The van der Waals surface area contributed by atoms with Gasteiger partial charge in [0.2, 0.25) is 5.78 Å². The minimum atomic E-state index is -0.720. The molecule has 0 radical (unpaired) electrons. The van der Waals surface area contributed by atoms with Gasteiger partial charge < -0.3 is 19.9 Å². The van der Waals surface area contributed by atoms with Crippen molar-refractivity contribution in [3.63, 3.8) is 0 Å². The van der Waals surface area contributed by atoms with Crippen LogP contribution in [0.3, 0.4) is 0 Å². The molecule has 1 atom stereocenters. The number of ketones is 1.